The van der Waals surface area contributed by atoms with Gasteiger partial charge in [-0.25, -0.2) is 0 Å². The quantitative estimate of drug-likeness (QED) is 0.584. The Balaban J connectivity index is 2.53. The minimum atomic E-state index is 0.342. The van der Waals surface area contributed by atoms with E-state index in [1.165, 1.54) is 0 Å². The van der Waals surface area contributed by atoms with Gasteiger partial charge in [-0.05, 0) is 29.8 Å². The maximum absolute atomic E-state index is 5.99. The van der Waals surface area contributed by atoms with E-state index in [-0.39, 0.29) is 0 Å². The lowest BCUT2D eigenvalue weighted by molar-refractivity contribution is 1.55. The third-order valence-corrected chi connectivity index (χ3v) is 3.03. The molecular weight excluding hydrogens is 271 g/mol. The normalized spacial score (nSPS) is 10.3. The number of nitrogens with zero attached hydrogens (tertiary/aromatic N) is 1. The highest BCUT2D eigenvalue weighted by molar-refractivity contribution is 6.50. The van der Waals surface area contributed by atoms with E-state index in [1.807, 2.05) is 18.2 Å². The number of nitrogen functional groups attached to an aromatic ring is 3. The molecule has 0 aromatic heterocycles. The largest absolute Gasteiger partial charge is 0.399 e. The first kappa shape index (κ1) is 12.7. The van der Waals surface area contributed by atoms with Crippen molar-refractivity contribution in [2.24, 2.45) is 0 Å². The molecule has 0 unspecified atom stereocenters. The summed E-state index contributed by atoms with van der Waals surface area (Å²) in [6, 6.07) is 10.9. The molecular formula is C12H12Cl2N4. The molecule has 0 aliphatic carbocycles. The number of anilines is 4. The zero-order chi connectivity index (χ0) is 13.3. The van der Waals surface area contributed by atoms with Crippen LogP contribution in [0.25, 0.3) is 11.1 Å². The second-order valence-electron chi connectivity index (χ2n) is 3.81. The molecule has 18 heavy (non-hydrogen) atoms. The molecule has 0 heterocycles. The van der Waals surface area contributed by atoms with Crippen molar-refractivity contribution >= 4 is 46.3 Å². The predicted molar refractivity (Wildman–Crippen MR) is 79.3 cm³/mol. The third kappa shape index (κ3) is 2.25. The van der Waals surface area contributed by atoms with Crippen molar-refractivity contribution in [2.45, 2.75) is 0 Å². The molecule has 4 nitrogen and oxygen atoms in total. The lowest BCUT2D eigenvalue weighted by Crippen LogP contribution is -2.03. The van der Waals surface area contributed by atoms with Gasteiger partial charge in [-0.2, -0.15) is 3.94 Å². The van der Waals surface area contributed by atoms with Crippen LogP contribution in [0.2, 0.25) is 0 Å². The molecule has 2 aromatic rings. The maximum Gasteiger partial charge on any atom is 0.0960 e. The van der Waals surface area contributed by atoms with Crippen LogP contribution in [0.15, 0.2) is 36.4 Å². The van der Waals surface area contributed by atoms with Gasteiger partial charge in [0.25, 0.3) is 0 Å². The molecule has 0 aliphatic rings. The molecule has 0 spiro atoms. The molecule has 0 saturated heterocycles. The number of hydrogen-bond acceptors (Lipinski definition) is 4. The van der Waals surface area contributed by atoms with E-state index in [4.69, 9.17) is 40.8 Å². The number of halogens is 2. The molecule has 6 heteroatoms. The Morgan fingerprint density at radius 1 is 0.778 bits per heavy atom. The first-order valence-electron chi connectivity index (χ1n) is 5.16. The van der Waals surface area contributed by atoms with Crippen LogP contribution >= 0.6 is 23.6 Å². The second kappa shape index (κ2) is 4.84. The van der Waals surface area contributed by atoms with Gasteiger partial charge < -0.3 is 17.2 Å². The predicted octanol–water partition coefficient (Wildman–Crippen LogP) is 3.21. The fourth-order valence-corrected chi connectivity index (χ4v) is 1.98. The average molecular weight is 283 g/mol. The van der Waals surface area contributed by atoms with Crippen LogP contribution in [0.1, 0.15) is 0 Å². The highest BCUT2D eigenvalue weighted by Gasteiger charge is 2.12. The Morgan fingerprint density at radius 2 is 1.39 bits per heavy atom. The molecule has 0 amide bonds. The van der Waals surface area contributed by atoms with Crippen LogP contribution in [0.3, 0.4) is 0 Å². The van der Waals surface area contributed by atoms with Gasteiger partial charge in [-0.1, -0.05) is 12.1 Å². The lowest BCUT2D eigenvalue weighted by Gasteiger charge is -2.14. The van der Waals surface area contributed by atoms with Crippen molar-refractivity contribution in [3.05, 3.63) is 36.4 Å². The monoisotopic (exact) mass is 282 g/mol. The molecule has 2 aromatic carbocycles. The molecule has 2 rings (SSSR count). The van der Waals surface area contributed by atoms with Crippen molar-refractivity contribution in [3.63, 3.8) is 0 Å². The summed E-state index contributed by atoms with van der Waals surface area (Å²) in [6.07, 6.45) is 0. The first-order chi connectivity index (χ1) is 8.50. The van der Waals surface area contributed by atoms with Gasteiger partial charge in [0.2, 0.25) is 0 Å². The molecule has 0 bridgehead atoms. The van der Waals surface area contributed by atoms with Crippen molar-refractivity contribution in [1.29, 1.82) is 0 Å². The Kier molecular flexibility index (Phi) is 3.41. The van der Waals surface area contributed by atoms with Crippen molar-refractivity contribution < 1.29 is 0 Å². The van der Waals surface area contributed by atoms with Gasteiger partial charge in [0.05, 0.1) is 17.1 Å². The Labute approximate surface area is 115 Å². The minimum Gasteiger partial charge on any atom is -0.399 e. The zero-order valence-electron chi connectivity index (χ0n) is 9.40. The Hall–Kier alpha value is -1.78. The summed E-state index contributed by atoms with van der Waals surface area (Å²) < 4.78 is 0.887. The SMILES string of the molecule is Nc1ccc(-c2ccc(N(Cl)Cl)c(N)c2N)cc1. The van der Waals surface area contributed by atoms with E-state index in [0.717, 1.165) is 15.1 Å². The van der Waals surface area contributed by atoms with Crippen LogP contribution < -0.4 is 21.1 Å². The minimum absolute atomic E-state index is 0.342. The molecule has 0 atom stereocenters. The van der Waals surface area contributed by atoms with Crippen molar-refractivity contribution in [2.75, 3.05) is 21.1 Å². The fraction of sp³-hybridized carbons (Fsp3) is 0. The van der Waals surface area contributed by atoms with Crippen LogP contribution in [0.4, 0.5) is 22.7 Å². The summed E-state index contributed by atoms with van der Waals surface area (Å²) in [7, 11) is 0. The summed E-state index contributed by atoms with van der Waals surface area (Å²) in [4.78, 5) is 0. The Morgan fingerprint density at radius 3 is 1.94 bits per heavy atom. The number of hydrogen-bond donors (Lipinski definition) is 3. The summed E-state index contributed by atoms with van der Waals surface area (Å²) in [5, 5.41) is 0. The van der Waals surface area contributed by atoms with E-state index in [2.05, 4.69) is 0 Å². The maximum atomic E-state index is 5.99. The fourth-order valence-electron chi connectivity index (χ4n) is 1.69. The molecule has 0 fully saturated rings. The smallest absolute Gasteiger partial charge is 0.0960 e. The summed E-state index contributed by atoms with van der Waals surface area (Å²) in [5.74, 6) is 0. The molecule has 0 radical (unpaired) electrons. The van der Waals surface area contributed by atoms with E-state index in [9.17, 15) is 0 Å². The molecule has 94 valence electrons. The highest BCUT2D eigenvalue weighted by atomic mass is 35.5. The summed E-state index contributed by atoms with van der Waals surface area (Å²) in [6.45, 7) is 0. The number of rotatable bonds is 2. The second-order valence-corrected chi connectivity index (χ2v) is 4.66. The lowest BCUT2D eigenvalue weighted by atomic mass is 10.0. The van der Waals surface area contributed by atoms with Crippen LogP contribution in [0, 0.1) is 0 Å². The third-order valence-electron chi connectivity index (χ3n) is 2.67. The van der Waals surface area contributed by atoms with Gasteiger partial charge in [0.15, 0.2) is 0 Å². The van der Waals surface area contributed by atoms with Crippen molar-refractivity contribution in [3.8, 4) is 11.1 Å². The topological polar surface area (TPSA) is 81.3 Å². The van der Waals surface area contributed by atoms with Crippen LogP contribution in [0.5, 0.6) is 0 Å². The van der Waals surface area contributed by atoms with E-state index >= 15 is 0 Å². The molecule has 0 aliphatic heterocycles. The van der Waals surface area contributed by atoms with Gasteiger partial charge in [-0.3, -0.25) is 0 Å². The standard InChI is InChI=1S/C12H12Cl2N4/c13-18(14)10-6-5-9(11(16)12(10)17)7-1-3-8(15)4-2-7/h1-6H,15-17H2. The Bertz CT molecular complexity index is 567. The number of benzene rings is 2. The van der Waals surface area contributed by atoms with Crippen LogP contribution in [-0.2, 0) is 0 Å². The molecule has 0 saturated carbocycles. The highest BCUT2D eigenvalue weighted by Crippen LogP contribution is 2.38. The number of nitrogens with two attached hydrogens (primary N) is 3. The first-order valence-corrected chi connectivity index (χ1v) is 5.84. The van der Waals surface area contributed by atoms with Crippen LogP contribution in [-0.4, -0.2) is 0 Å². The van der Waals surface area contributed by atoms with E-state index < -0.39 is 0 Å². The molecule has 6 N–H and O–H groups in total. The van der Waals surface area contributed by atoms with E-state index in [0.29, 0.717) is 22.7 Å². The summed E-state index contributed by atoms with van der Waals surface area (Å²) in [5.41, 5.74) is 21.2. The van der Waals surface area contributed by atoms with Gasteiger partial charge in [0, 0.05) is 34.8 Å². The summed E-state index contributed by atoms with van der Waals surface area (Å²) >= 11 is 11.3. The average Bonchev–Trinajstić information content (AvgIpc) is 2.33. The zero-order valence-corrected chi connectivity index (χ0v) is 10.9. The van der Waals surface area contributed by atoms with Gasteiger partial charge >= 0.3 is 0 Å². The van der Waals surface area contributed by atoms with E-state index in [1.54, 1.807) is 18.2 Å². The van der Waals surface area contributed by atoms with Gasteiger partial charge in [0.1, 0.15) is 0 Å². The van der Waals surface area contributed by atoms with Gasteiger partial charge in [-0.15, -0.1) is 0 Å². The van der Waals surface area contributed by atoms with Crippen molar-refractivity contribution in [1.82, 2.24) is 0 Å².